The molecule has 1 aliphatic rings. The molecule has 0 radical (unpaired) electrons. The van der Waals surface area contributed by atoms with E-state index < -0.39 is 0 Å². The van der Waals surface area contributed by atoms with E-state index >= 15 is 0 Å². The number of nitrogens with one attached hydrogen (secondary N) is 1. The molecule has 118 valence electrons. The summed E-state index contributed by atoms with van der Waals surface area (Å²) in [4.78, 5) is 0. The molecular formula is C17H28N2OS. The van der Waals surface area contributed by atoms with Crippen molar-refractivity contribution < 1.29 is 4.74 Å². The first-order chi connectivity index (χ1) is 10.3. The average Bonchev–Trinajstić information content (AvgIpc) is 2.55. The maximum Gasteiger partial charge on any atom is 0.119 e. The highest BCUT2D eigenvalue weighted by atomic mass is 32.2. The summed E-state index contributed by atoms with van der Waals surface area (Å²) < 4.78 is 5.62. The van der Waals surface area contributed by atoms with Gasteiger partial charge in [0.25, 0.3) is 0 Å². The van der Waals surface area contributed by atoms with Crippen molar-refractivity contribution in [1.82, 2.24) is 5.43 Å². The maximum absolute atomic E-state index is 5.74. The van der Waals surface area contributed by atoms with Crippen LogP contribution in [-0.4, -0.2) is 17.6 Å². The second kappa shape index (κ2) is 9.34. The van der Waals surface area contributed by atoms with Crippen molar-refractivity contribution in [2.45, 2.75) is 56.7 Å². The highest BCUT2D eigenvalue weighted by molar-refractivity contribution is 7.99. The highest BCUT2D eigenvalue weighted by Gasteiger charge is 2.17. The van der Waals surface area contributed by atoms with Gasteiger partial charge in [0.05, 0.1) is 12.6 Å². The van der Waals surface area contributed by atoms with Gasteiger partial charge in [-0.05, 0) is 37.0 Å². The third-order valence-electron chi connectivity index (χ3n) is 4.01. The van der Waals surface area contributed by atoms with Crippen molar-refractivity contribution >= 4 is 11.8 Å². The van der Waals surface area contributed by atoms with Crippen LogP contribution in [0.1, 0.15) is 57.1 Å². The standard InChI is InChI=1S/C17H28N2OS/c1-2-12-20-15-10-8-14(9-11-15)17(19-18)13-21-16-6-4-3-5-7-16/h8-11,16-17,19H,2-7,12-13,18H2,1H3. The van der Waals surface area contributed by atoms with Crippen LogP contribution in [0.25, 0.3) is 0 Å². The molecule has 1 saturated carbocycles. The summed E-state index contributed by atoms with van der Waals surface area (Å²) in [5.41, 5.74) is 4.20. The van der Waals surface area contributed by atoms with Crippen molar-refractivity contribution in [2.24, 2.45) is 5.84 Å². The molecule has 0 aromatic heterocycles. The Bertz CT molecular complexity index is 390. The number of benzene rings is 1. The van der Waals surface area contributed by atoms with Gasteiger partial charge >= 0.3 is 0 Å². The van der Waals surface area contributed by atoms with E-state index in [0.29, 0.717) is 0 Å². The number of hydrogen-bond acceptors (Lipinski definition) is 4. The van der Waals surface area contributed by atoms with Gasteiger partial charge in [0.15, 0.2) is 0 Å². The van der Waals surface area contributed by atoms with Gasteiger partial charge in [-0.1, -0.05) is 38.3 Å². The molecule has 1 aliphatic carbocycles. The molecule has 0 bridgehead atoms. The summed E-state index contributed by atoms with van der Waals surface area (Å²) >= 11 is 2.07. The molecule has 0 spiro atoms. The molecule has 1 unspecified atom stereocenters. The summed E-state index contributed by atoms with van der Waals surface area (Å²) in [6.07, 6.45) is 7.96. The Morgan fingerprint density at radius 1 is 1.24 bits per heavy atom. The molecule has 3 N–H and O–H groups in total. The third kappa shape index (κ3) is 5.53. The molecule has 0 amide bonds. The molecule has 1 atom stereocenters. The van der Waals surface area contributed by atoms with Crippen molar-refractivity contribution in [3.63, 3.8) is 0 Å². The van der Waals surface area contributed by atoms with E-state index in [1.807, 2.05) is 12.1 Å². The molecular weight excluding hydrogens is 280 g/mol. The first-order valence-corrected chi connectivity index (χ1v) is 9.19. The molecule has 1 fully saturated rings. The minimum absolute atomic E-state index is 0.220. The van der Waals surface area contributed by atoms with E-state index in [1.165, 1.54) is 37.7 Å². The van der Waals surface area contributed by atoms with Gasteiger partial charge in [-0.3, -0.25) is 11.3 Å². The van der Waals surface area contributed by atoms with Crippen molar-refractivity contribution in [3.8, 4) is 5.75 Å². The Kier molecular flexibility index (Phi) is 7.41. The first-order valence-electron chi connectivity index (χ1n) is 8.14. The Morgan fingerprint density at radius 3 is 2.57 bits per heavy atom. The molecule has 0 heterocycles. The number of rotatable bonds is 8. The molecule has 0 saturated heterocycles. The lowest BCUT2D eigenvalue weighted by Gasteiger charge is -2.24. The second-order valence-corrected chi connectivity index (χ2v) is 7.06. The predicted molar refractivity (Wildman–Crippen MR) is 91.6 cm³/mol. The van der Waals surface area contributed by atoms with Crippen LogP contribution in [0.2, 0.25) is 0 Å². The molecule has 4 heteroatoms. The van der Waals surface area contributed by atoms with Crippen LogP contribution in [0.4, 0.5) is 0 Å². The Balaban J connectivity index is 1.84. The summed E-state index contributed by atoms with van der Waals surface area (Å²) in [5.74, 6) is 7.72. The molecule has 21 heavy (non-hydrogen) atoms. The summed E-state index contributed by atoms with van der Waals surface area (Å²) in [6.45, 7) is 2.89. The predicted octanol–water partition coefficient (Wildman–Crippen LogP) is 4.05. The number of ether oxygens (including phenoxy) is 1. The van der Waals surface area contributed by atoms with Gasteiger partial charge in [-0.25, -0.2) is 0 Å². The summed E-state index contributed by atoms with van der Waals surface area (Å²) in [5, 5.41) is 0.821. The Labute approximate surface area is 133 Å². The monoisotopic (exact) mass is 308 g/mol. The van der Waals surface area contributed by atoms with Crippen molar-refractivity contribution in [3.05, 3.63) is 29.8 Å². The number of hydrogen-bond donors (Lipinski definition) is 2. The lowest BCUT2D eigenvalue weighted by Crippen LogP contribution is -2.30. The third-order valence-corrected chi connectivity index (χ3v) is 5.48. The Hall–Kier alpha value is -0.710. The zero-order valence-corrected chi connectivity index (χ0v) is 13.8. The van der Waals surface area contributed by atoms with E-state index in [-0.39, 0.29) is 6.04 Å². The van der Waals surface area contributed by atoms with Gasteiger partial charge in [0.2, 0.25) is 0 Å². The topological polar surface area (TPSA) is 47.3 Å². The molecule has 1 aromatic rings. The van der Waals surface area contributed by atoms with Gasteiger partial charge in [-0.2, -0.15) is 11.8 Å². The average molecular weight is 308 g/mol. The first kappa shape index (κ1) is 16.7. The normalized spacial score (nSPS) is 17.6. The lowest BCUT2D eigenvalue weighted by molar-refractivity contribution is 0.317. The maximum atomic E-state index is 5.74. The van der Waals surface area contributed by atoms with Crippen LogP contribution in [-0.2, 0) is 0 Å². The van der Waals surface area contributed by atoms with Crippen molar-refractivity contribution in [1.29, 1.82) is 0 Å². The summed E-state index contributed by atoms with van der Waals surface area (Å²) in [6, 6.07) is 8.55. The number of thioether (sulfide) groups is 1. The number of nitrogens with two attached hydrogens (primary N) is 1. The van der Waals surface area contributed by atoms with Crippen LogP contribution < -0.4 is 16.0 Å². The fourth-order valence-corrected chi connectivity index (χ4v) is 4.14. The van der Waals surface area contributed by atoms with E-state index in [2.05, 4.69) is 36.2 Å². The van der Waals surface area contributed by atoms with Gasteiger partial charge in [0.1, 0.15) is 5.75 Å². The van der Waals surface area contributed by atoms with Crippen LogP contribution in [0.3, 0.4) is 0 Å². The van der Waals surface area contributed by atoms with E-state index in [4.69, 9.17) is 10.6 Å². The molecule has 0 aliphatic heterocycles. The minimum atomic E-state index is 0.220. The zero-order chi connectivity index (χ0) is 14.9. The molecule has 3 nitrogen and oxygen atoms in total. The van der Waals surface area contributed by atoms with Crippen molar-refractivity contribution in [2.75, 3.05) is 12.4 Å². The minimum Gasteiger partial charge on any atom is -0.494 e. The second-order valence-electron chi connectivity index (χ2n) is 5.73. The molecule has 2 rings (SSSR count). The van der Waals surface area contributed by atoms with Gasteiger partial charge in [0, 0.05) is 11.0 Å². The smallest absolute Gasteiger partial charge is 0.119 e. The van der Waals surface area contributed by atoms with E-state index in [0.717, 1.165) is 29.8 Å². The lowest BCUT2D eigenvalue weighted by atomic mass is 10.0. The number of hydrazine groups is 1. The van der Waals surface area contributed by atoms with E-state index in [1.54, 1.807) is 0 Å². The molecule has 1 aromatic carbocycles. The quantitative estimate of drug-likeness (QED) is 0.562. The Morgan fingerprint density at radius 2 is 1.95 bits per heavy atom. The van der Waals surface area contributed by atoms with Gasteiger partial charge < -0.3 is 4.74 Å². The van der Waals surface area contributed by atoms with Crippen LogP contribution in [0.5, 0.6) is 5.75 Å². The van der Waals surface area contributed by atoms with Gasteiger partial charge in [-0.15, -0.1) is 0 Å². The van der Waals surface area contributed by atoms with Crippen LogP contribution in [0, 0.1) is 0 Å². The fourth-order valence-electron chi connectivity index (χ4n) is 2.72. The SMILES string of the molecule is CCCOc1ccc(C(CSC2CCCCC2)NN)cc1. The van der Waals surface area contributed by atoms with Crippen LogP contribution in [0.15, 0.2) is 24.3 Å². The van der Waals surface area contributed by atoms with E-state index in [9.17, 15) is 0 Å². The van der Waals surface area contributed by atoms with Crippen LogP contribution >= 0.6 is 11.8 Å². The zero-order valence-electron chi connectivity index (χ0n) is 13.0. The highest BCUT2D eigenvalue weighted by Crippen LogP contribution is 2.31. The fraction of sp³-hybridized carbons (Fsp3) is 0.647. The largest absolute Gasteiger partial charge is 0.494 e. The summed E-state index contributed by atoms with van der Waals surface area (Å²) in [7, 11) is 0.